The second-order valence-electron chi connectivity index (χ2n) is 9.74. The number of rotatable bonds is 3. The van der Waals surface area contributed by atoms with E-state index in [0.29, 0.717) is 0 Å². The normalized spacial score (nSPS) is 13.2. The molecule has 0 fully saturated rings. The zero-order valence-electron chi connectivity index (χ0n) is 19.4. The van der Waals surface area contributed by atoms with E-state index in [4.69, 9.17) is 0 Å². The van der Waals surface area contributed by atoms with Crippen molar-refractivity contribution in [3.8, 4) is 0 Å². The van der Waals surface area contributed by atoms with Crippen molar-refractivity contribution in [1.29, 1.82) is 0 Å². The summed E-state index contributed by atoms with van der Waals surface area (Å²) in [6.07, 6.45) is 0. The Balaban J connectivity index is 0. The van der Waals surface area contributed by atoms with Crippen LogP contribution in [0.1, 0.15) is 26.3 Å². The Labute approximate surface area is 180 Å². The first kappa shape index (κ1) is 28.8. The van der Waals surface area contributed by atoms with Crippen molar-refractivity contribution in [3.05, 3.63) is 41.2 Å². The van der Waals surface area contributed by atoms with Gasteiger partial charge >= 0.3 is 124 Å². The van der Waals surface area contributed by atoms with Gasteiger partial charge in [-0.1, -0.05) is 39.3 Å². The number of hydrogen-bond acceptors (Lipinski definition) is 0. The van der Waals surface area contributed by atoms with Crippen LogP contribution in [-0.4, -0.2) is 41.8 Å². The van der Waals surface area contributed by atoms with Crippen molar-refractivity contribution >= 4 is 54.4 Å². The molecule has 0 amide bonds. The molecule has 1 unspecified atom stereocenters. The van der Waals surface area contributed by atoms with Crippen molar-refractivity contribution < 1.29 is 0 Å². The fourth-order valence-corrected chi connectivity index (χ4v) is 9.21. The van der Waals surface area contributed by atoms with E-state index in [0.717, 1.165) is 8.13 Å². The molecule has 5 radical (unpaired) electrons. The van der Waals surface area contributed by atoms with Crippen LogP contribution in [0, 0.1) is 5.41 Å². The minimum Gasteiger partial charge on any atom is -0.0715 e. The van der Waals surface area contributed by atoms with Crippen LogP contribution in [0.2, 0.25) is 58.9 Å². The van der Waals surface area contributed by atoms with Crippen molar-refractivity contribution in [2.45, 2.75) is 79.7 Å². The second kappa shape index (κ2) is 13.7. The van der Waals surface area contributed by atoms with Crippen molar-refractivity contribution in [1.82, 2.24) is 0 Å². The molecule has 5 heteroatoms. The zero-order valence-corrected chi connectivity index (χ0v) is 25.5. The summed E-state index contributed by atoms with van der Waals surface area (Å²) in [5.41, 5.74) is 1.66. The Hall–Kier alpha value is 0.584. The number of hydrogen-bond donors (Lipinski definition) is 0. The summed E-state index contributed by atoms with van der Waals surface area (Å²) in [6.45, 7) is 28.1. The van der Waals surface area contributed by atoms with Crippen molar-refractivity contribution in [3.63, 3.8) is 0 Å². The molecule has 26 heavy (non-hydrogen) atoms. The third-order valence-electron chi connectivity index (χ3n) is 2.56. The third kappa shape index (κ3) is 18.0. The van der Waals surface area contributed by atoms with Gasteiger partial charge in [-0.05, 0) is 0 Å². The predicted molar refractivity (Wildman–Crippen MR) is 137 cm³/mol. The molecule has 0 aromatic heterocycles. The van der Waals surface area contributed by atoms with Crippen LogP contribution in [0.4, 0.5) is 0 Å². The topological polar surface area (TPSA) is 0 Å². The third-order valence-corrected chi connectivity index (χ3v) is 9.22. The molecule has 0 N–H and O–H groups in total. The van der Waals surface area contributed by atoms with E-state index in [1.807, 2.05) is 0 Å². The monoisotopic (exact) mass is 483 g/mol. The Bertz CT molecular complexity index is 501. The first-order valence-corrected chi connectivity index (χ1v) is 22.0. The van der Waals surface area contributed by atoms with Crippen LogP contribution >= 0.6 is 8.13 Å². The van der Waals surface area contributed by atoms with Crippen LogP contribution < -0.4 is 0 Å². The van der Waals surface area contributed by atoms with Gasteiger partial charge in [-0.15, -0.1) is 0 Å². The fourth-order valence-electron chi connectivity index (χ4n) is 1.75. The molecule has 1 atom stereocenters. The van der Waals surface area contributed by atoms with E-state index in [-0.39, 0.29) is 23.0 Å². The van der Waals surface area contributed by atoms with Crippen molar-refractivity contribution in [2.75, 3.05) is 0 Å². The predicted octanol–water partition coefficient (Wildman–Crippen LogP) is 7.82. The molecule has 0 heterocycles. The van der Waals surface area contributed by atoms with Crippen LogP contribution in [0.25, 0.3) is 4.41 Å². The van der Waals surface area contributed by atoms with E-state index >= 15 is 0 Å². The van der Waals surface area contributed by atoms with E-state index in [1.165, 1.54) is 9.97 Å². The molecule has 0 aliphatic carbocycles. The van der Waals surface area contributed by atoms with E-state index in [1.54, 1.807) is 5.31 Å². The molecule has 1 aromatic rings. The molecular weight excluding hydrogens is 440 g/mol. The quantitative estimate of drug-likeness (QED) is 0.304. The average Bonchev–Trinajstić information content (AvgIpc) is 2.42. The molecule has 0 spiro atoms. The molecule has 0 saturated carbocycles. The van der Waals surface area contributed by atoms with Crippen LogP contribution in [0.3, 0.4) is 0 Å². The summed E-state index contributed by atoms with van der Waals surface area (Å²) in [7, 11) is 0.193. The first-order valence-electron chi connectivity index (χ1n) is 9.41. The summed E-state index contributed by atoms with van der Waals surface area (Å²) in [5, 5.41) is 1.66. The summed E-state index contributed by atoms with van der Waals surface area (Å²) < 4.78 is 1.49. The molecule has 147 valence electrons. The van der Waals surface area contributed by atoms with E-state index < -0.39 is 7.74 Å². The first-order chi connectivity index (χ1) is 11.6. The van der Waals surface area contributed by atoms with Gasteiger partial charge in [0.05, 0.1) is 0 Å². The van der Waals surface area contributed by atoms with Gasteiger partial charge in [-0.3, -0.25) is 0 Å². The summed E-state index contributed by atoms with van der Waals surface area (Å²) in [5.74, 6) is 0. The van der Waals surface area contributed by atoms with Gasteiger partial charge in [-0.2, -0.15) is 0 Å². The second-order valence-corrected chi connectivity index (χ2v) is 27.3. The SMILES string of the molecule is CC(C)(C)/C(P[Si](C)(C)C)=[C](/[Ge])c1ccccc1.C[Si](C)C.C[Si](C)C. The van der Waals surface area contributed by atoms with Gasteiger partial charge in [-0.25, -0.2) is 0 Å². The minimum atomic E-state index is -1.06. The number of allylic oxidation sites excluding steroid dienone is 1. The Morgan fingerprint density at radius 1 is 0.846 bits per heavy atom. The van der Waals surface area contributed by atoms with Crippen molar-refractivity contribution in [2.24, 2.45) is 5.41 Å². The van der Waals surface area contributed by atoms with Crippen LogP contribution in [0.15, 0.2) is 35.6 Å². The smallest absolute Gasteiger partial charge is 0.0379 e. The molecule has 0 saturated heterocycles. The fraction of sp³-hybridized carbons (Fsp3) is 0.619. The molecule has 0 aliphatic heterocycles. The maximum absolute atomic E-state index is 2.47. The summed E-state index contributed by atoms with van der Waals surface area (Å²) in [6, 6.07) is 10.8. The van der Waals surface area contributed by atoms with Gasteiger partial charge in [0, 0.05) is 17.6 Å². The molecule has 0 bridgehead atoms. The van der Waals surface area contributed by atoms with Gasteiger partial charge in [0.1, 0.15) is 0 Å². The van der Waals surface area contributed by atoms with Crippen LogP contribution in [-0.2, 0) is 0 Å². The number of benzene rings is 1. The van der Waals surface area contributed by atoms with E-state index in [9.17, 15) is 0 Å². The Morgan fingerprint density at radius 3 is 1.46 bits per heavy atom. The summed E-state index contributed by atoms with van der Waals surface area (Å²) >= 11 is 2.29. The Morgan fingerprint density at radius 2 is 1.19 bits per heavy atom. The van der Waals surface area contributed by atoms with Gasteiger partial charge in [0.25, 0.3) is 0 Å². The van der Waals surface area contributed by atoms with Gasteiger partial charge in [0.15, 0.2) is 0 Å². The minimum absolute atomic E-state index is 0.120. The molecule has 0 nitrogen and oxygen atoms in total. The maximum Gasteiger partial charge on any atom is 0.0379 e. The largest absolute Gasteiger partial charge is 0.0715 e. The van der Waals surface area contributed by atoms with E-state index in [2.05, 4.69) is 127 Å². The molecule has 1 rings (SSSR count). The van der Waals surface area contributed by atoms with Gasteiger partial charge in [0.2, 0.25) is 0 Å². The molecule has 0 aliphatic rings. The zero-order chi connectivity index (χ0) is 21.1. The average molecular weight is 482 g/mol. The Kier molecular flexibility index (Phi) is 15.2. The summed E-state index contributed by atoms with van der Waals surface area (Å²) in [4.78, 5) is 0. The van der Waals surface area contributed by atoms with Gasteiger partial charge < -0.3 is 0 Å². The standard InChI is InChI=1S/C15H24GePSi.2C3H9Si/c1-15(2,3)14(17-18(4,5)6)13(16)12-10-8-7-9-11-12;2*1-4(2)3/h7-11,17H,1-6H3;2*1-3H3/b14-13-;;. The van der Waals surface area contributed by atoms with Crippen LogP contribution in [0.5, 0.6) is 0 Å². The molecule has 1 aromatic carbocycles. The maximum atomic E-state index is 2.47. The molecular formula is C21H42GePSi3.